The van der Waals surface area contributed by atoms with Crippen LogP contribution in [0.5, 0.6) is 0 Å². The SMILES string of the molecule is Cn1cc(-c2cc3n(n2)CCC(=O)N3CCCC(=O)N[C@@H]2CCCc3ccccc32)c2ccccc21. The Labute approximate surface area is 210 Å². The van der Waals surface area contributed by atoms with Gasteiger partial charge in [0.05, 0.1) is 18.3 Å². The lowest BCUT2D eigenvalue weighted by atomic mass is 9.87. The molecule has 2 aromatic carbocycles. The molecule has 0 fully saturated rings. The van der Waals surface area contributed by atoms with E-state index in [1.54, 1.807) is 4.90 Å². The number of aromatic nitrogens is 3. The Bertz CT molecular complexity index is 1450. The molecule has 3 heterocycles. The first-order valence-electron chi connectivity index (χ1n) is 12.9. The molecule has 1 N–H and O–H groups in total. The third-order valence-corrected chi connectivity index (χ3v) is 7.54. The minimum atomic E-state index is 0.0473. The van der Waals surface area contributed by atoms with Crippen molar-refractivity contribution >= 4 is 28.5 Å². The molecule has 0 unspecified atom stereocenters. The number of carbonyl (C=O) groups is 2. The molecule has 0 saturated heterocycles. The Morgan fingerprint density at radius 2 is 1.94 bits per heavy atom. The Hall–Kier alpha value is -3.87. The summed E-state index contributed by atoms with van der Waals surface area (Å²) in [7, 11) is 2.04. The number of hydrogen-bond acceptors (Lipinski definition) is 3. The zero-order valence-corrected chi connectivity index (χ0v) is 20.6. The molecule has 4 aromatic rings. The highest BCUT2D eigenvalue weighted by molar-refractivity contribution is 5.98. The van der Waals surface area contributed by atoms with Gasteiger partial charge in [0.25, 0.3) is 0 Å². The topological polar surface area (TPSA) is 72.2 Å². The summed E-state index contributed by atoms with van der Waals surface area (Å²) in [5.74, 6) is 0.954. The van der Waals surface area contributed by atoms with Gasteiger partial charge in [0, 0.05) is 55.2 Å². The van der Waals surface area contributed by atoms with Gasteiger partial charge < -0.3 is 9.88 Å². The van der Waals surface area contributed by atoms with Crippen molar-refractivity contribution in [1.29, 1.82) is 0 Å². The number of para-hydroxylation sites is 1. The van der Waals surface area contributed by atoms with E-state index in [2.05, 4.69) is 46.4 Å². The average Bonchev–Trinajstić information content (AvgIpc) is 3.47. The van der Waals surface area contributed by atoms with Crippen LogP contribution in [0.2, 0.25) is 0 Å². The van der Waals surface area contributed by atoms with Crippen LogP contribution in [-0.4, -0.2) is 32.7 Å². The van der Waals surface area contributed by atoms with Crippen molar-refractivity contribution in [3.63, 3.8) is 0 Å². The second-order valence-corrected chi connectivity index (χ2v) is 9.89. The van der Waals surface area contributed by atoms with Crippen LogP contribution in [0, 0.1) is 0 Å². The Morgan fingerprint density at radius 3 is 2.86 bits per heavy atom. The van der Waals surface area contributed by atoms with E-state index < -0.39 is 0 Å². The first-order chi connectivity index (χ1) is 17.6. The molecule has 0 spiro atoms. The van der Waals surface area contributed by atoms with Crippen LogP contribution >= 0.6 is 0 Å². The van der Waals surface area contributed by atoms with Crippen molar-refractivity contribution in [2.75, 3.05) is 11.4 Å². The molecule has 2 aliphatic rings. The molecule has 7 heteroatoms. The Kier molecular flexibility index (Phi) is 5.83. The van der Waals surface area contributed by atoms with E-state index >= 15 is 0 Å². The fourth-order valence-corrected chi connectivity index (χ4v) is 5.74. The molecule has 1 atom stereocenters. The molecule has 0 bridgehead atoms. The number of fused-ring (bicyclic) bond motifs is 3. The molecule has 2 amide bonds. The van der Waals surface area contributed by atoms with Gasteiger partial charge in [-0.25, -0.2) is 4.68 Å². The van der Waals surface area contributed by atoms with Crippen molar-refractivity contribution in [2.45, 2.75) is 51.1 Å². The summed E-state index contributed by atoms with van der Waals surface area (Å²) in [4.78, 5) is 27.4. The quantitative estimate of drug-likeness (QED) is 0.432. The third kappa shape index (κ3) is 4.08. The number of nitrogens with zero attached hydrogens (tertiary/aromatic N) is 4. The van der Waals surface area contributed by atoms with Gasteiger partial charge in [0.2, 0.25) is 11.8 Å². The first-order valence-corrected chi connectivity index (χ1v) is 12.9. The van der Waals surface area contributed by atoms with Crippen LogP contribution < -0.4 is 10.2 Å². The van der Waals surface area contributed by atoms with Gasteiger partial charge in [-0.05, 0) is 42.9 Å². The average molecular weight is 482 g/mol. The van der Waals surface area contributed by atoms with Gasteiger partial charge in [0.15, 0.2) is 0 Å². The molecular formula is C29H31N5O2. The van der Waals surface area contributed by atoms with Crippen LogP contribution in [0.15, 0.2) is 60.8 Å². The minimum Gasteiger partial charge on any atom is -0.350 e. The number of aryl methyl sites for hydroxylation is 3. The smallest absolute Gasteiger partial charge is 0.229 e. The molecule has 0 radical (unpaired) electrons. The number of amides is 2. The minimum absolute atomic E-state index is 0.0473. The highest BCUT2D eigenvalue weighted by Crippen LogP contribution is 2.34. The predicted octanol–water partition coefficient (Wildman–Crippen LogP) is 4.75. The molecule has 2 aromatic heterocycles. The zero-order valence-electron chi connectivity index (χ0n) is 20.6. The predicted molar refractivity (Wildman–Crippen MR) is 141 cm³/mol. The molecule has 1 aliphatic heterocycles. The van der Waals surface area contributed by atoms with E-state index in [0.29, 0.717) is 32.4 Å². The number of hydrogen-bond donors (Lipinski definition) is 1. The van der Waals surface area contributed by atoms with Crippen LogP contribution in [-0.2, 0) is 29.6 Å². The summed E-state index contributed by atoms with van der Waals surface area (Å²) in [6, 6.07) is 18.8. The standard InChI is InChI=1S/C29H31N5O2/c1-32-19-23(22-11-4-5-13-26(22)32)25-18-28-33(29(36)15-17-34(28)31-25)16-7-14-27(35)30-24-12-6-9-20-8-2-3-10-21(20)24/h2-5,8,10-11,13,18-19,24H,6-7,9,12,14-17H2,1H3,(H,30,35)/t24-/m1/s1. The third-order valence-electron chi connectivity index (χ3n) is 7.54. The molecule has 0 saturated carbocycles. The van der Waals surface area contributed by atoms with Crippen molar-refractivity contribution in [3.05, 3.63) is 71.9 Å². The molecule has 36 heavy (non-hydrogen) atoms. The maximum atomic E-state index is 12.8. The van der Waals surface area contributed by atoms with Crippen LogP contribution in [0.25, 0.3) is 22.2 Å². The fourth-order valence-electron chi connectivity index (χ4n) is 5.74. The summed E-state index contributed by atoms with van der Waals surface area (Å²) in [5.41, 5.74) is 5.67. The van der Waals surface area contributed by atoms with Gasteiger partial charge in [-0.15, -0.1) is 0 Å². The highest BCUT2D eigenvalue weighted by Gasteiger charge is 2.27. The van der Waals surface area contributed by atoms with Crippen LogP contribution in [0.4, 0.5) is 5.82 Å². The van der Waals surface area contributed by atoms with E-state index in [4.69, 9.17) is 5.10 Å². The van der Waals surface area contributed by atoms with E-state index in [-0.39, 0.29) is 17.9 Å². The lowest BCUT2D eigenvalue weighted by Gasteiger charge is -2.28. The van der Waals surface area contributed by atoms with E-state index in [0.717, 1.165) is 47.2 Å². The van der Waals surface area contributed by atoms with Crippen molar-refractivity contribution < 1.29 is 9.59 Å². The monoisotopic (exact) mass is 481 g/mol. The second kappa shape index (κ2) is 9.30. The Morgan fingerprint density at radius 1 is 1.11 bits per heavy atom. The van der Waals surface area contributed by atoms with Gasteiger partial charge in [-0.1, -0.05) is 42.5 Å². The summed E-state index contributed by atoms with van der Waals surface area (Å²) >= 11 is 0. The lowest BCUT2D eigenvalue weighted by Crippen LogP contribution is -2.38. The highest BCUT2D eigenvalue weighted by atomic mass is 16.2. The fraction of sp³-hybridized carbons (Fsp3) is 0.345. The van der Waals surface area contributed by atoms with Gasteiger partial charge in [-0.3, -0.25) is 14.5 Å². The van der Waals surface area contributed by atoms with E-state index in [1.807, 2.05) is 36.0 Å². The van der Waals surface area contributed by atoms with Crippen molar-refractivity contribution in [3.8, 4) is 11.3 Å². The summed E-state index contributed by atoms with van der Waals surface area (Å²) in [6.45, 7) is 1.09. The van der Waals surface area contributed by atoms with Crippen LogP contribution in [0.3, 0.4) is 0 Å². The summed E-state index contributed by atoms with van der Waals surface area (Å²) in [6.07, 6.45) is 6.67. The maximum absolute atomic E-state index is 12.8. The summed E-state index contributed by atoms with van der Waals surface area (Å²) < 4.78 is 4.03. The largest absolute Gasteiger partial charge is 0.350 e. The molecular weight excluding hydrogens is 450 g/mol. The van der Waals surface area contributed by atoms with Gasteiger partial charge in [0.1, 0.15) is 5.82 Å². The maximum Gasteiger partial charge on any atom is 0.229 e. The number of anilines is 1. The van der Waals surface area contributed by atoms with Crippen molar-refractivity contribution in [1.82, 2.24) is 19.7 Å². The normalized spacial score (nSPS) is 17.2. The van der Waals surface area contributed by atoms with E-state index in [9.17, 15) is 9.59 Å². The number of nitrogens with one attached hydrogen (secondary N) is 1. The lowest BCUT2D eigenvalue weighted by molar-refractivity contribution is -0.122. The van der Waals surface area contributed by atoms with Crippen molar-refractivity contribution in [2.24, 2.45) is 7.05 Å². The summed E-state index contributed by atoms with van der Waals surface area (Å²) in [5, 5.41) is 9.21. The molecule has 6 rings (SSSR count). The van der Waals surface area contributed by atoms with Gasteiger partial charge >= 0.3 is 0 Å². The Balaban J connectivity index is 1.14. The molecule has 7 nitrogen and oxygen atoms in total. The molecule has 184 valence electrons. The van der Waals surface area contributed by atoms with Crippen LogP contribution in [0.1, 0.15) is 49.3 Å². The zero-order chi connectivity index (χ0) is 24.6. The molecule has 1 aliphatic carbocycles. The first kappa shape index (κ1) is 22.6. The van der Waals surface area contributed by atoms with E-state index in [1.165, 1.54) is 11.1 Å². The number of carbonyl (C=O) groups excluding carboxylic acids is 2. The second-order valence-electron chi connectivity index (χ2n) is 9.89. The number of rotatable bonds is 6. The van der Waals surface area contributed by atoms with Gasteiger partial charge in [-0.2, -0.15) is 5.10 Å². The number of benzene rings is 2.